The third-order valence-electron chi connectivity index (χ3n) is 4.24. The maximum atomic E-state index is 10.8. The van der Waals surface area contributed by atoms with E-state index in [1.807, 2.05) is 60.7 Å². The van der Waals surface area contributed by atoms with Gasteiger partial charge in [0.25, 0.3) is 0 Å². The van der Waals surface area contributed by atoms with Crippen molar-refractivity contribution in [2.24, 2.45) is 5.18 Å². The summed E-state index contributed by atoms with van der Waals surface area (Å²) in [4.78, 5) is 10.8. The molecule has 0 spiro atoms. The van der Waals surface area contributed by atoms with Crippen molar-refractivity contribution < 1.29 is 4.74 Å². The summed E-state index contributed by atoms with van der Waals surface area (Å²) in [6.45, 7) is 0.416. The van der Waals surface area contributed by atoms with Crippen LogP contribution in [0.1, 0.15) is 22.3 Å². The summed E-state index contributed by atoms with van der Waals surface area (Å²) in [5.74, 6) is 0.811. The Morgan fingerprint density at radius 2 is 1.76 bits per heavy atom. The average Bonchev–Trinajstić information content (AvgIpc) is 2.81. The fourth-order valence-electron chi connectivity index (χ4n) is 3.06. The third kappa shape index (κ3) is 2.94. The molecule has 0 saturated heterocycles. The SMILES string of the molecule is O=Nc1cccc(/C=C2/c3ccccc3OCc3c(Cl)cccc32)c1. The molecule has 3 aromatic rings. The number of fused-ring (bicyclic) bond motifs is 2. The fraction of sp³-hybridized carbons (Fsp3) is 0.0476. The van der Waals surface area contributed by atoms with E-state index >= 15 is 0 Å². The van der Waals surface area contributed by atoms with E-state index in [4.69, 9.17) is 16.3 Å². The highest BCUT2D eigenvalue weighted by atomic mass is 35.5. The van der Waals surface area contributed by atoms with E-state index in [0.717, 1.165) is 33.6 Å². The molecule has 0 saturated carbocycles. The van der Waals surface area contributed by atoms with E-state index in [9.17, 15) is 4.91 Å². The number of nitroso groups, excluding NO2 is 1. The molecular formula is C21H14ClNO2. The molecule has 0 amide bonds. The Balaban J connectivity index is 1.98. The van der Waals surface area contributed by atoms with Crippen LogP contribution in [0.3, 0.4) is 0 Å². The second-order valence-electron chi connectivity index (χ2n) is 5.80. The van der Waals surface area contributed by atoms with Crippen molar-refractivity contribution in [2.75, 3.05) is 0 Å². The molecule has 3 aromatic carbocycles. The Hall–Kier alpha value is -2.91. The highest BCUT2D eigenvalue weighted by Crippen LogP contribution is 2.39. The van der Waals surface area contributed by atoms with Gasteiger partial charge in [0.1, 0.15) is 18.0 Å². The van der Waals surface area contributed by atoms with E-state index in [-0.39, 0.29) is 0 Å². The molecule has 4 heteroatoms. The lowest BCUT2D eigenvalue weighted by Crippen LogP contribution is -1.96. The zero-order chi connectivity index (χ0) is 17.2. The van der Waals surface area contributed by atoms with Crippen molar-refractivity contribution in [3.05, 3.63) is 98.9 Å². The van der Waals surface area contributed by atoms with Crippen molar-refractivity contribution in [1.82, 2.24) is 0 Å². The van der Waals surface area contributed by atoms with E-state index in [2.05, 4.69) is 5.18 Å². The maximum Gasteiger partial charge on any atom is 0.127 e. The highest BCUT2D eigenvalue weighted by Gasteiger charge is 2.20. The summed E-state index contributed by atoms with van der Waals surface area (Å²) in [7, 11) is 0. The van der Waals surface area contributed by atoms with Gasteiger partial charge in [0, 0.05) is 16.1 Å². The van der Waals surface area contributed by atoms with Gasteiger partial charge in [0.05, 0.1) is 0 Å². The lowest BCUT2D eigenvalue weighted by atomic mass is 9.92. The number of halogens is 1. The summed E-state index contributed by atoms with van der Waals surface area (Å²) in [6.07, 6.45) is 2.04. The minimum Gasteiger partial charge on any atom is -0.488 e. The summed E-state index contributed by atoms with van der Waals surface area (Å²) in [5.41, 5.74) is 5.29. The largest absolute Gasteiger partial charge is 0.488 e. The first kappa shape index (κ1) is 15.6. The van der Waals surface area contributed by atoms with Crippen LogP contribution >= 0.6 is 11.6 Å². The van der Waals surface area contributed by atoms with Crippen LogP contribution in [0, 0.1) is 4.91 Å². The van der Waals surface area contributed by atoms with Crippen LogP contribution in [0.15, 0.2) is 71.9 Å². The first-order valence-electron chi connectivity index (χ1n) is 7.91. The average molecular weight is 348 g/mol. The Morgan fingerprint density at radius 1 is 0.960 bits per heavy atom. The number of benzene rings is 3. The Kier molecular flexibility index (Phi) is 4.08. The van der Waals surface area contributed by atoms with Crippen LogP contribution < -0.4 is 4.74 Å². The van der Waals surface area contributed by atoms with Gasteiger partial charge < -0.3 is 4.74 Å². The quantitative estimate of drug-likeness (QED) is 0.516. The summed E-state index contributed by atoms with van der Waals surface area (Å²) in [5, 5.41) is 3.70. The van der Waals surface area contributed by atoms with Crippen molar-refractivity contribution in [1.29, 1.82) is 0 Å². The van der Waals surface area contributed by atoms with E-state index in [0.29, 0.717) is 17.3 Å². The fourth-order valence-corrected chi connectivity index (χ4v) is 3.29. The van der Waals surface area contributed by atoms with Gasteiger partial charge in [-0.3, -0.25) is 0 Å². The minimum absolute atomic E-state index is 0.402. The molecule has 0 atom stereocenters. The van der Waals surface area contributed by atoms with Gasteiger partial charge in [0.2, 0.25) is 0 Å². The third-order valence-corrected chi connectivity index (χ3v) is 4.60. The van der Waals surface area contributed by atoms with Crippen LogP contribution in [0.4, 0.5) is 5.69 Å². The smallest absolute Gasteiger partial charge is 0.127 e. The van der Waals surface area contributed by atoms with Crippen molar-refractivity contribution in [2.45, 2.75) is 6.61 Å². The van der Waals surface area contributed by atoms with E-state index in [1.165, 1.54) is 0 Å². The van der Waals surface area contributed by atoms with E-state index in [1.54, 1.807) is 12.1 Å². The second kappa shape index (κ2) is 6.54. The number of hydrogen-bond acceptors (Lipinski definition) is 3. The Labute approximate surface area is 150 Å². The standard InChI is InChI=1S/C21H14ClNO2/c22-20-9-4-8-16-18(12-14-5-3-6-15(11-14)23-24)17-7-1-2-10-21(17)25-13-19(16)20/h1-12H,13H2/b18-12+. The van der Waals surface area contributed by atoms with Crippen LogP contribution in [0.25, 0.3) is 11.6 Å². The summed E-state index contributed by atoms with van der Waals surface area (Å²) < 4.78 is 5.97. The van der Waals surface area contributed by atoms with Crippen molar-refractivity contribution >= 4 is 28.9 Å². The topological polar surface area (TPSA) is 38.7 Å². The van der Waals surface area contributed by atoms with Gasteiger partial charge in [-0.2, -0.15) is 0 Å². The number of rotatable bonds is 2. The van der Waals surface area contributed by atoms with E-state index < -0.39 is 0 Å². The normalized spacial score (nSPS) is 14.2. The molecule has 122 valence electrons. The van der Waals surface area contributed by atoms with Crippen molar-refractivity contribution in [3.63, 3.8) is 0 Å². The Morgan fingerprint density at radius 3 is 2.64 bits per heavy atom. The Bertz CT molecular complexity index is 995. The summed E-state index contributed by atoms with van der Waals surface area (Å²) in [6, 6.07) is 21.0. The molecule has 3 nitrogen and oxygen atoms in total. The highest BCUT2D eigenvalue weighted by molar-refractivity contribution is 6.31. The lowest BCUT2D eigenvalue weighted by molar-refractivity contribution is 0.307. The molecule has 25 heavy (non-hydrogen) atoms. The minimum atomic E-state index is 0.402. The molecule has 0 bridgehead atoms. The molecule has 0 radical (unpaired) electrons. The van der Waals surface area contributed by atoms with Crippen molar-refractivity contribution in [3.8, 4) is 5.75 Å². The number of para-hydroxylation sites is 1. The predicted molar refractivity (Wildman–Crippen MR) is 101 cm³/mol. The van der Waals surface area contributed by atoms with Gasteiger partial charge >= 0.3 is 0 Å². The number of hydrogen-bond donors (Lipinski definition) is 0. The zero-order valence-corrected chi connectivity index (χ0v) is 14.0. The van der Waals surface area contributed by atoms with Gasteiger partial charge in [-0.15, -0.1) is 4.91 Å². The molecule has 4 rings (SSSR count). The molecule has 0 unspecified atom stereocenters. The lowest BCUT2D eigenvalue weighted by Gasteiger charge is -2.11. The first-order valence-corrected chi connectivity index (χ1v) is 8.29. The maximum absolute atomic E-state index is 10.8. The summed E-state index contributed by atoms with van der Waals surface area (Å²) >= 11 is 6.41. The molecular weight excluding hydrogens is 334 g/mol. The predicted octanol–water partition coefficient (Wildman–Crippen LogP) is 6.22. The van der Waals surface area contributed by atoms with Gasteiger partial charge in [-0.05, 0) is 52.2 Å². The monoisotopic (exact) mass is 347 g/mol. The molecule has 0 fully saturated rings. The van der Waals surface area contributed by atoms with Gasteiger partial charge in [0.15, 0.2) is 0 Å². The van der Waals surface area contributed by atoms with Gasteiger partial charge in [-0.25, -0.2) is 0 Å². The number of nitrogens with zero attached hydrogens (tertiary/aromatic N) is 1. The molecule has 0 N–H and O–H groups in total. The van der Waals surface area contributed by atoms with Crippen LogP contribution in [-0.4, -0.2) is 0 Å². The van der Waals surface area contributed by atoms with Gasteiger partial charge in [-0.1, -0.05) is 54.1 Å². The zero-order valence-electron chi connectivity index (χ0n) is 13.3. The van der Waals surface area contributed by atoms with Crippen LogP contribution in [0.5, 0.6) is 5.75 Å². The second-order valence-corrected chi connectivity index (χ2v) is 6.20. The van der Waals surface area contributed by atoms with Crippen LogP contribution in [0.2, 0.25) is 5.02 Å². The molecule has 1 aliphatic heterocycles. The molecule has 0 aliphatic carbocycles. The molecule has 1 aliphatic rings. The molecule has 1 heterocycles. The van der Waals surface area contributed by atoms with Crippen LogP contribution in [-0.2, 0) is 6.61 Å². The number of ether oxygens (including phenoxy) is 1. The first-order chi connectivity index (χ1) is 12.3. The molecule has 0 aromatic heterocycles.